The van der Waals surface area contributed by atoms with Gasteiger partial charge >= 0.3 is 18.0 Å². The molecule has 0 radical (unpaired) electrons. The minimum atomic E-state index is -1.66. The summed E-state index contributed by atoms with van der Waals surface area (Å²) < 4.78 is 21.6. The van der Waals surface area contributed by atoms with E-state index in [4.69, 9.17) is 18.9 Å². The molecule has 0 unspecified atom stereocenters. The first-order valence-corrected chi connectivity index (χ1v) is 11.5. The van der Waals surface area contributed by atoms with E-state index in [0.29, 0.717) is 0 Å². The zero-order valence-electron chi connectivity index (χ0n) is 20.9. The highest BCUT2D eigenvalue weighted by molar-refractivity contribution is 5.98. The van der Waals surface area contributed by atoms with Crippen LogP contribution in [0.4, 0.5) is 4.79 Å². The van der Waals surface area contributed by atoms with Crippen LogP contribution in [0.25, 0.3) is 0 Å². The summed E-state index contributed by atoms with van der Waals surface area (Å²) in [6.07, 6.45) is 0.856. The molecular formula is C28H33NO7. The first kappa shape index (κ1) is 28.2. The third-order valence-electron chi connectivity index (χ3n) is 4.49. The molecule has 0 aromatic heterocycles. The van der Waals surface area contributed by atoms with Crippen molar-refractivity contribution in [2.24, 2.45) is 0 Å². The van der Waals surface area contributed by atoms with Crippen molar-refractivity contribution in [2.45, 2.75) is 52.1 Å². The minimum absolute atomic E-state index is 0.0355. The number of esters is 2. The van der Waals surface area contributed by atoms with Crippen molar-refractivity contribution in [1.82, 2.24) is 5.32 Å². The van der Waals surface area contributed by atoms with E-state index in [0.717, 1.165) is 11.1 Å². The van der Waals surface area contributed by atoms with Crippen LogP contribution in [-0.4, -0.2) is 36.3 Å². The van der Waals surface area contributed by atoms with E-state index < -0.39 is 29.7 Å². The van der Waals surface area contributed by atoms with E-state index in [1.165, 1.54) is 12.2 Å². The maximum Gasteiger partial charge on any atom is 0.407 e. The molecule has 2 aromatic carbocycles. The van der Waals surface area contributed by atoms with E-state index in [2.05, 4.69) is 11.9 Å². The molecule has 0 saturated heterocycles. The highest BCUT2D eigenvalue weighted by Gasteiger charge is 2.33. The van der Waals surface area contributed by atoms with E-state index in [-0.39, 0.29) is 31.9 Å². The number of alkyl carbamates (subject to hydrolysis) is 1. The van der Waals surface area contributed by atoms with Gasteiger partial charge in [0.25, 0.3) is 6.10 Å². The van der Waals surface area contributed by atoms with Crippen LogP contribution in [0.2, 0.25) is 0 Å². The average Bonchev–Trinajstić information content (AvgIpc) is 2.84. The Morgan fingerprint density at radius 2 is 1.39 bits per heavy atom. The van der Waals surface area contributed by atoms with Crippen LogP contribution in [0.5, 0.6) is 0 Å². The number of hydrogen-bond acceptors (Lipinski definition) is 7. The van der Waals surface area contributed by atoms with Crippen LogP contribution in [-0.2, 0) is 41.8 Å². The average molecular weight is 496 g/mol. The van der Waals surface area contributed by atoms with Gasteiger partial charge in [0.15, 0.2) is 0 Å². The molecule has 0 saturated carbocycles. The Bertz CT molecular complexity index is 971. The summed E-state index contributed by atoms with van der Waals surface area (Å²) in [5, 5.41) is 2.60. The van der Waals surface area contributed by atoms with Crippen LogP contribution >= 0.6 is 0 Å². The second-order valence-corrected chi connectivity index (χ2v) is 8.73. The van der Waals surface area contributed by atoms with Crippen molar-refractivity contribution in [3.05, 3.63) is 96.3 Å². The molecule has 0 aliphatic heterocycles. The van der Waals surface area contributed by atoms with E-state index in [1.54, 1.807) is 45.0 Å². The Balaban J connectivity index is 2.06. The third-order valence-corrected chi connectivity index (χ3v) is 4.49. The largest absolute Gasteiger partial charge is 0.471 e. The molecule has 192 valence electrons. The van der Waals surface area contributed by atoms with Crippen LogP contribution in [0.3, 0.4) is 0 Å². The van der Waals surface area contributed by atoms with Crippen molar-refractivity contribution in [3.8, 4) is 0 Å². The van der Waals surface area contributed by atoms with Crippen LogP contribution < -0.4 is 5.32 Å². The van der Waals surface area contributed by atoms with Gasteiger partial charge in [0.05, 0.1) is 5.76 Å². The number of ether oxygens (including phenoxy) is 4. The molecule has 0 bridgehead atoms. The fourth-order valence-corrected chi connectivity index (χ4v) is 2.87. The molecule has 1 amide bonds. The number of benzene rings is 2. The van der Waals surface area contributed by atoms with Gasteiger partial charge in [-0.25, -0.2) is 14.4 Å². The van der Waals surface area contributed by atoms with Crippen molar-refractivity contribution < 1.29 is 33.3 Å². The van der Waals surface area contributed by atoms with E-state index in [1.807, 2.05) is 36.4 Å². The van der Waals surface area contributed by atoms with Gasteiger partial charge < -0.3 is 24.3 Å². The first-order chi connectivity index (χ1) is 17.2. The van der Waals surface area contributed by atoms with Crippen LogP contribution in [0, 0.1) is 0 Å². The number of allylic oxidation sites excluding steroid dienone is 2. The summed E-state index contributed by atoms with van der Waals surface area (Å²) in [7, 11) is 0. The molecule has 8 heteroatoms. The quantitative estimate of drug-likeness (QED) is 0.148. The molecule has 0 heterocycles. The summed E-state index contributed by atoms with van der Waals surface area (Å²) >= 11 is 0. The molecule has 1 N–H and O–H groups in total. The zero-order chi connectivity index (χ0) is 26.4. The highest BCUT2D eigenvalue weighted by Crippen LogP contribution is 2.14. The summed E-state index contributed by atoms with van der Waals surface area (Å²) in [5.74, 6) is -1.56. The lowest BCUT2D eigenvalue weighted by atomic mass is 10.2. The van der Waals surface area contributed by atoms with Gasteiger partial charge in [-0.1, -0.05) is 73.3 Å². The molecule has 2 rings (SSSR count). The molecule has 2 aromatic rings. The second-order valence-electron chi connectivity index (χ2n) is 8.73. The Morgan fingerprint density at radius 3 is 1.83 bits per heavy atom. The van der Waals surface area contributed by atoms with Crippen LogP contribution in [0.1, 0.15) is 38.3 Å². The molecule has 0 aliphatic rings. The smallest absolute Gasteiger partial charge is 0.407 e. The maximum absolute atomic E-state index is 12.9. The number of amides is 1. The van der Waals surface area contributed by atoms with Gasteiger partial charge in [-0.15, -0.1) is 0 Å². The molecule has 0 aliphatic carbocycles. The maximum atomic E-state index is 12.9. The zero-order valence-corrected chi connectivity index (χ0v) is 20.9. The lowest BCUT2D eigenvalue weighted by Crippen LogP contribution is -2.37. The van der Waals surface area contributed by atoms with E-state index >= 15 is 0 Å². The standard InChI is InChI=1S/C28H33NO7/c1-5-12-23(17-18-29-27(32)36-28(2,3)4)35-24(25(30)33-19-21-13-8-6-9-14-21)26(31)34-20-22-15-10-7-11-16-22/h5-16,24H,1,17-20H2,2-4H3,(H,29,32)/b23-12+. The van der Waals surface area contributed by atoms with E-state index in [9.17, 15) is 14.4 Å². The minimum Gasteiger partial charge on any atom is -0.471 e. The Morgan fingerprint density at radius 1 is 0.889 bits per heavy atom. The SMILES string of the molecule is C=C/C=C(\CCNC(=O)OC(C)(C)C)OC(C(=O)OCc1ccccc1)C(=O)OCc1ccccc1. The molecule has 0 atom stereocenters. The number of hydrogen-bond donors (Lipinski definition) is 1. The summed E-state index contributed by atoms with van der Waals surface area (Å²) in [6.45, 7) is 8.97. The number of carbonyl (C=O) groups is 3. The van der Waals surface area contributed by atoms with Gasteiger partial charge in [0.2, 0.25) is 0 Å². The Hall–Kier alpha value is -4.07. The van der Waals surface area contributed by atoms with Crippen molar-refractivity contribution in [1.29, 1.82) is 0 Å². The highest BCUT2D eigenvalue weighted by atomic mass is 16.6. The van der Waals surface area contributed by atoms with Crippen molar-refractivity contribution in [3.63, 3.8) is 0 Å². The fraction of sp³-hybridized carbons (Fsp3) is 0.321. The topological polar surface area (TPSA) is 100 Å². The lowest BCUT2D eigenvalue weighted by Gasteiger charge is -2.21. The third kappa shape index (κ3) is 10.9. The van der Waals surface area contributed by atoms with Gasteiger partial charge in [-0.2, -0.15) is 0 Å². The normalized spacial score (nSPS) is 11.4. The molecule has 8 nitrogen and oxygen atoms in total. The number of nitrogens with one attached hydrogen (secondary N) is 1. The second kappa shape index (κ2) is 14.4. The lowest BCUT2D eigenvalue weighted by molar-refractivity contribution is -0.172. The molecule has 0 fully saturated rings. The van der Waals surface area contributed by atoms with Gasteiger partial charge in [0.1, 0.15) is 18.8 Å². The summed E-state index contributed by atoms with van der Waals surface area (Å²) in [6, 6.07) is 18.1. The Labute approximate surface area is 211 Å². The van der Waals surface area contributed by atoms with Crippen LogP contribution in [0.15, 0.2) is 85.2 Å². The fourth-order valence-electron chi connectivity index (χ4n) is 2.87. The molecule has 36 heavy (non-hydrogen) atoms. The summed E-state index contributed by atoms with van der Waals surface area (Å²) in [5.41, 5.74) is 0.868. The predicted molar refractivity (Wildman–Crippen MR) is 134 cm³/mol. The van der Waals surface area contributed by atoms with Crippen molar-refractivity contribution in [2.75, 3.05) is 6.54 Å². The van der Waals surface area contributed by atoms with Gasteiger partial charge in [0, 0.05) is 13.0 Å². The predicted octanol–water partition coefficient (Wildman–Crippen LogP) is 4.84. The molecular weight excluding hydrogens is 462 g/mol. The monoisotopic (exact) mass is 495 g/mol. The molecule has 0 spiro atoms. The number of rotatable bonds is 12. The number of carbonyl (C=O) groups excluding carboxylic acids is 3. The van der Waals surface area contributed by atoms with Gasteiger partial charge in [-0.05, 0) is 38.0 Å². The van der Waals surface area contributed by atoms with Gasteiger partial charge in [-0.3, -0.25) is 0 Å². The Kier molecular flexibility index (Phi) is 11.2. The summed E-state index contributed by atoms with van der Waals surface area (Å²) in [4.78, 5) is 37.6. The van der Waals surface area contributed by atoms with Crippen molar-refractivity contribution >= 4 is 18.0 Å². The first-order valence-electron chi connectivity index (χ1n) is 11.5.